The molecular weight excluding hydrogens is 186 g/mol. The molecule has 1 aromatic rings. The van der Waals surface area contributed by atoms with Crippen molar-refractivity contribution < 1.29 is 4.74 Å². The average molecular weight is 207 g/mol. The second-order valence-corrected chi connectivity index (χ2v) is 3.32. The minimum Gasteiger partial charge on any atom is -0.366 e. The highest BCUT2D eigenvalue weighted by molar-refractivity contribution is 5.45. The summed E-state index contributed by atoms with van der Waals surface area (Å²) >= 11 is 0. The molecule has 0 aliphatic heterocycles. The first-order chi connectivity index (χ1) is 7.20. The maximum Gasteiger partial charge on any atom is 0.0985 e. The molecule has 2 heteroatoms. The van der Waals surface area contributed by atoms with Crippen LogP contribution in [-0.2, 0) is 4.74 Å². The SMILES string of the molecule is C=Cc1ccccc1.CCOCN(C)C. The minimum absolute atomic E-state index is 0.733. The fourth-order valence-corrected chi connectivity index (χ4v) is 0.863. The molecule has 2 nitrogen and oxygen atoms in total. The van der Waals surface area contributed by atoms with Crippen molar-refractivity contribution in [1.82, 2.24) is 4.90 Å². The molecule has 0 aliphatic rings. The van der Waals surface area contributed by atoms with Gasteiger partial charge in [0.2, 0.25) is 0 Å². The normalized spacial score (nSPS) is 9.33. The zero-order valence-corrected chi connectivity index (χ0v) is 9.94. The highest BCUT2D eigenvalue weighted by Crippen LogP contribution is 1.97. The molecule has 1 aromatic carbocycles. The predicted molar refractivity (Wildman–Crippen MR) is 66.7 cm³/mol. The van der Waals surface area contributed by atoms with Crippen LogP contribution in [0.5, 0.6) is 0 Å². The molecule has 0 bridgehead atoms. The standard InChI is InChI=1S/C8H8.C5H13NO/c1-2-8-6-4-3-5-7-8;1-4-7-5-6(2)3/h2-7H,1H2;4-5H2,1-3H3. The van der Waals surface area contributed by atoms with Crippen molar-refractivity contribution >= 4 is 6.08 Å². The van der Waals surface area contributed by atoms with Crippen LogP contribution in [0.25, 0.3) is 6.08 Å². The Balaban J connectivity index is 0.000000265. The molecular formula is C13H21NO. The van der Waals surface area contributed by atoms with Gasteiger partial charge in [-0.15, -0.1) is 0 Å². The highest BCUT2D eigenvalue weighted by Gasteiger charge is 1.82. The lowest BCUT2D eigenvalue weighted by molar-refractivity contribution is 0.0650. The fraction of sp³-hybridized carbons (Fsp3) is 0.385. The lowest BCUT2D eigenvalue weighted by Crippen LogP contribution is -2.15. The first kappa shape index (κ1) is 13.9. The van der Waals surface area contributed by atoms with Gasteiger partial charge in [-0.2, -0.15) is 0 Å². The summed E-state index contributed by atoms with van der Waals surface area (Å²) in [5, 5.41) is 0. The summed E-state index contributed by atoms with van der Waals surface area (Å²) in [6, 6.07) is 10.0. The summed E-state index contributed by atoms with van der Waals surface area (Å²) in [5.74, 6) is 0. The Morgan fingerprint density at radius 3 is 2.13 bits per heavy atom. The van der Waals surface area contributed by atoms with Gasteiger partial charge in [-0.3, -0.25) is 4.90 Å². The average Bonchev–Trinajstić information content (AvgIpc) is 2.28. The van der Waals surface area contributed by atoms with Crippen LogP contribution in [-0.4, -0.2) is 32.3 Å². The summed E-state index contributed by atoms with van der Waals surface area (Å²) in [4.78, 5) is 1.99. The van der Waals surface area contributed by atoms with E-state index in [2.05, 4.69) is 6.58 Å². The van der Waals surface area contributed by atoms with Gasteiger partial charge in [0, 0.05) is 6.61 Å². The molecule has 15 heavy (non-hydrogen) atoms. The van der Waals surface area contributed by atoms with Crippen LogP contribution < -0.4 is 0 Å². The van der Waals surface area contributed by atoms with E-state index in [4.69, 9.17) is 4.74 Å². The van der Waals surface area contributed by atoms with Crippen molar-refractivity contribution in [2.24, 2.45) is 0 Å². The van der Waals surface area contributed by atoms with Crippen molar-refractivity contribution in [1.29, 1.82) is 0 Å². The Bertz CT molecular complexity index is 244. The zero-order chi connectivity index (χ0) is 11.5. The smallest absolute Gasteiger partial charge is 0.0985 e. The van der Waals surface area contributed by atoms with Gasteiger partial charge in [0.1, 0.15) is 0 Å². The Labute approximate surface area is 93.2 Å². The van der Waals surface area contributed by atoms with E-state index in [0.717, 1.165) is 13.3 Å². The zero-order valence-electron chi connectivity index (χ0n) is 9.94. The first-order valence-electron chi connectivity index (χ1n) is 5.10. The van der Waals surface area contributed by atoms with Crippen LogP contribution in [0.1, 0.15) is 12.5 Å². The van der Waals surface area contributed by atoms with Crippen LogP contribution in [0.2, 0.25) is 0 Å². The highest BCUT2D eigenvalue weighted by atomic mass is 16.5. The number of benzene rings is 1. The molecule has 0 unspecified atom stereocenters. The second kappa shape index (κ2) is 9.44. The van der Waals surface area contributed by atoms with Crippen LogP contribution in [0, 0.1) is 0 Å². The Morgan fingerprint density at radius 1 is 1.27 bits per heavy atom. The molecule has 84 valence electrons. The molecule has 0 aliphatic carbocycles. The van der Waals surface area contributed by atoms with E-state index in [9.17, 15) is 0 Å². The van der Waals surface area contributed by atoms with E-state index in [-0.39, 0.29) is 0 Å². The van der Waals surface area contributed by atoms with Gasteiger partial charge < -0.3 is 4.74 Å². The Kier molecular flexibility index (Phi) is 8.73. The predicted octanol–water partition coefficient (Wildman–Crippen LogP) is 2.87. The Hall–Kier alpha value is -1.12. The maximum atomic E-state index is 5.02. The molecule has 0 spiro atoms. The van der Waals surface area contributed by atoms with E-state index in [1.165, 1.54) is 5.56 Å². The number of ether oxygens (including phenoxy) is 1. The van der Waals surface area contributed by atoms with Gasteiger partial charge in [0.15, 0.2) is 0 Å². The summed E-state index contributed by atoms with van der Waals surface area (Å²) in [5.41, 5.74) is 1.17. The van der Waals surface area contributed by atoms with Gasteiger partial charge in [0.05, 0.1) is 6.73 Å². The van der Waals surface area contributed by atoms with Crippen LogP contribution >= 0.6 is 0 Å². The first-order valence-corrected chi connectivity index (χ1v) is 5.10. The van der Waals surface area contributed by atoms with Gasteiger partial charge in [-0.25, -0.2) is 0 Å². The van der Waals surface area contributed by atoms with Crippen LogP contribution in [0.3, 0.4) is 0 Å². The summed E-state index contributed by atoms with van der Waals surface area (Å²) in [6.45, 7) is 7.16. The van der Waals surface area contributed by atoms with Gasteiger partial charge in [0.25, 0.3) is 0 Å². The monoisotopic (exact) mass is 207 g/mol. The molecule has 0 amide bonds. The molecule has 0 saturated heterocycles. The minimum atomic E-state index is 0.733. The number of hydrogen-bond acceptors (Lipinski definition) is 2. The third-order valence-corrected chi connectivity index (χ3v) is 1.59. The van der Waals surface area contributed by atoms with Crippen molar-refractivity contribution in [3.8, 4) is 0 Å². The van der Waals surface area contributed by atoms with Crippen molar-refractivity contribution in [2.75, 3.05) is 27.4 Å². The van der Waals surface area contributed by atoms with Crippen molar-refractivity contribution in [3.63, 3.8) is 0 Å². The van der Waals surface area contributed by atoms with Crippen LogP contribution in [0.15, 0.2) is 36.9 Å². The van der Waals surface area contributed by atoms with Gasteiger partial charge in [-0.05, 0) is 26.6 Å². The molecule has 1 rings (SSSR count). The topological polar surface area (TPSA) is 12.5 Å². The van der Waals surface area contributed by atoms with E-state index in [1.54, 1.807) is 0 Å². The molecule has 0 aromatic heterocycles. The quantitative estimate of drug-likeness (QED) is 0.704. The third-order valence-electron chi connectivity index (χ3n) is 1.59. The largest absolute Gasteiger partial charge is 0.366 e. The number of rotatable bonds is 4. The van der Waals surface area contributed by atoms with E-state index in [1.807, 2.05) is 62.3 Å². The lowest BCUT2D eigenvalue weighted by Gasteiger charge is -2.07. The molecule has 0 atom stereocenters. The Morgan fingerprint density at radius 2 is 1.87 bits per heavy atom. The lowest BCUT2D eigenvalue weighted by atomic mass is 10.2. The summed E-state index contributed by atoms with van der Waals surface area (Å²) < 4.78 is 5.02. The maximum absolute atomic E-state index is 5.02. The third kappa shape index (κ3) is 9.19. The molecule has 0 fully saturated rings. The fourth-order valence-electron chi connectivity index (χ4n) is 0.863. The van der Waals surface area contributed by atoms with E-state index >= 15 is 0 Å². The molecule has 0 radical (unpaired) electrons. The van der Waals surface area contributed by atoms with Crippen molar-refractivity contribution in [3.05, 3.63) is 42.5 Å². The summed E-state index contributed by atoms with van der Waals surface area (Å²) in [6.07, 6.45) is 1.83. The molecule has 0 saturated carbocycles. The van der Waals surface area contributed by atoms with E-state index < -0.39 is 0 Å². The molecule has 0 heterocycles. The molecule has 0 N–H and O–H groups in total. The second-order valence-electron chi connectivity index (χ2n) is 3.32. The number of nitrogens with zero attached hydrogens (tertiary/aromatic N) is 1. The van der Waals surface area contributed by atoms with Gasteiger partial charge in [-0.1, -0.05) is 43.0 Å². The summed E-state index contributed by atoms with van der Waals surface area (Å²) in [7, 11) is 3.96. The number of hydrogen-bond donors (Lipinski definition) is 0. The van der Waals surface area contributed by atoms with Gasteiger partial charge >= 0.3 is 0 Å². The van der Waals surface area contributed by atoms with E-state index in [0.29, 0.717) is 0 Å². The van der Waals surface area contributed by atoms with Crippen molar-refractivity contribution in [2.45, 2.75) is 6.92 Å². The van der Waals surface area contributed by atoms with Crippen LogP contribution in [0.4, 0.5) is 0 Å².